The fourth-order valence-electron chi connectivity index (χ4n) is 2.79. The van der Waals surface area contributed by atoms with E-state index >= 15 is 0 Å². The first kappa shape index (κ1) is 15.5. The number of anilines is 1. The minimum absolute atomic E-state index is 0.181. The summed E-state index contributed by atoms with van der Waals surface area (Å²) >= 11 is 0. The van der Waals surface area contributed by atoms with E-state index in [0.29, 0.717) is 24.4 Å². The number of para-hydroxylation sites is 1. The Balaban J connectivity index is 1.75. The van der Waals surface area contributed by atoms with Crippen LogP contribution in [0.2, 0.25) is 0 Å². The van der Waals surface area contributed by atoms with E-state index in [1.807, 2.05) is 24.3 Å². The summed E-state index contributed by atoms with van der Waals surface area (Å²) in [4.78, 5) is 14.1. The molecule has 23 heavy (non-hydrogen) atoms. The van der Waals surface area contributed by atoms with Gasteiger partial charge in [0, 0.05) is 23.9 Å². The van der Waals surface area contributed by atoms with Gasteiger partial charge in [-0.15, -0.1) is 0 Å². The fraction of sp³-hybridized carbons (Fsp3) is 0.278. The Morgan fingerprint density at radius 2 is 2.09 bits per heavy atom. The molecule has 4 nitrogen and oxygen atoms in total. The Labute approximate surface area is 134 Å². The number of hydrogen-bond acceptors (Lipinski definition) is 3. The predicted molar refractivity (Wildman–Crippen MR) is 84.9 cm³/mol. The van der Waals surface area contributed by atoms with Crippen molar-refractivity contribution in [2.45, 2.75) is 18.9 Å². The van der Waals surface area contributed by atoms with Crippen LogP contribution in [0.3, 0.4) is 0 Å². The summed E-state index contributed by atoms with van der Waals surface area (Å²) < 4.78 is 18.5. The minimum Gasteiger partial charge on any atom is -0.484 e. The summed E-state index contributed by atoms with van der Waals surface area (Å²) in [7, 11) is 0. The number of carbonyl (C=O) groups excluding carboxylic acids is 1. The number of amides is 1. The molecular formula is C18H18FNO3. The molecule has 1 aliphatic rings. The Morgan fingerprint density at radius 1 is 1.30 bits per heavy atom. The van der Waals surface area contributed by atoms with Gasteiger partial charge in [-0.2, -0.15) is 0 Å². The molecule has 120 valence electrons. The topological polar surface area (TPSA) is 49.8 Å². The Morgan fingerprint density at radius 3 is 2.87 bits per heavy atom. The second-order valence-corrected chi connectivity index (χ2v) is 5.83. The fourth-order valence-corrected chi connectivity index (χ4v) is 2.79. The van der Waals surface area contributed by atoms with Gasteiger partial charge >= 0.3 is 0 Å². The van der Waals surface area contributed by atoms with Gasteiger partial charge in [-0.3, -0.25) is 4.79 Å². The number of rotatable bonds is 3. The van der Waals surface area contributed by atoms with Crippen molar-refractivity contribution in [3.8, 4) is 5.75 Å². The molecule has 0 radical (unpaired) electrons. The van der Waals surface area contributed by atoms with Gasteiger partial charge in [0.2, 0.25) is 0 Å². The minimum atomic E-state index is -0.948. The first-order valence-electron chi connectivity index (χ1n) is 7.48. The summed E-state index contributed by atoms with van der Waals surface area (Å²) in [6.45, 7) is 1.98. The lowest BCUT2D eigenvalue weighted by Crippen LogP contribution is -2.44. The molecule has 1 atom stereocenters. The zero-order valence-corrected chi connectivity index (χ0v) is 12.8. The molecule has 3 rings (SSSR count). The van der Waals surface area contributed by atoms with Crippen LogP contribution in [-0.2, 0) is 10.4 Å². The van der Waals surface area contributed by atoms with Crippen molar-refractivity contribution in [2.24, 2.45) is 0 Å². The molecule has 0 saturated carbocycles. The molecule has 0 saturated heterocycles. The van der Waals surface area contributed by atoms with Crippen LogP contribution < -0.4 is 9.64 Å². The van der Waals surface area contributed by atoms with Crippen molar-refractivity contribution < 1.29 is 19.0 Å². The van der Waals surface area contributed by atoms with Crippen molar-refractivity contribution in [2.75, 3.05) is 18.1 Å². The van der Waals surface area contributed by atoms with Gasteiger partial charge in [-0.1, -0.05) is 24.3 Å². The molecule has 5 heteroatoms. The quantitative estimate of drug-likeness (QED) is 0.947. The second-order valence-electron chi connectivity index (χ2n) is 5.83. The van der Waals surface area contributed by atoms with Crippen molar-refractivity contribution >= 4 is 11.6 Å². The van der Waals surface area contributed by atoms with Gasteiger partial charge in [0.15, 0.2) is 6.61 Å². The summed E-state index contributed by atoms with van der Waals surface area (Å²) in [5, 5.41) is 10.5. The SMILES string of the molecule is CC1(O)CCN(C(=O)COc2cccc(F)c2)c2ccccc21. The number of benzene rings is 2. The van der Waals surface area contributed by atoms with Gasteiger partial charge in [0.25, 0.3) is 5.91 Å². The van der Waals surface area contributed by atoms with Crippen molar-refractivity contribution in [1.29, 1.82) is 0 Å². The number of halogens is 1. The average molecular weight is 315 g/mol. The zero-order chi connectivity index (χ0) is 16.4. The summed E-state index contributed by atoms with van der Waals surface area (Å²) in [6.07, 6.45) is 0.454. The maximum atomic E-state index is 13.1. The molecule has 0 bridgehead atoms. The van der Waals surface area contributed by atoms with Crippen LogP contribution in [0.1, 0.15) is 18.9 Å². The van der Waals surface area contributed by atoms with Crippen LogP contribution in [0.25, 0.3) is 0 Å². The molecule has 2 aromatic carbocycles. The lowest BCUT2D eigenvalue weighted by molar-refractivity contribution is -0.121. The van der Waals surface area contributed by atoms with E-state index in [0.717, 1.165) is 5.56 Å². The number of carbonyl (C=O) groups is 1. The standard InChI is InChI=1S/C18H18FNO3/c1-18(22)9-10-20(16-8-3-2-7-15(16)18)17(21)12-23-14-6-4-5-13(19)11-14/h2-8,11,22H,9-10,12H2,1H3. The number of nitrogens with zero attached hydrogens (tertiary/aromatic N) is 1. The summed E-state index contributed by atoms with van der Waals surface area (Å²) in [5.74, 6) is -0.317. The Kier molecular flexibility index (Phi) is 4.05. The zero-order valence-electron chi connectivity index (χ0n) is 12.8. The molecule has 1 N–H and O–H groups in total. The lowest BCUT2D eigenvalue weighted by Gasteiger charge is -2.37. The molecular weight excluding hydrogens is 297 g/mol. The molecule has 1 unspecified atom stereocenters. The highest BCUT2D eigenvalue weighted by Crippen LogP contribution is 2.37. The molecule has 0 aliphatic carbocycles. The van der Waals surface area contributed by atoms with E-state index in [-0.39, 0.29) is 12.5 Å². The Hall–Kier alpha value is -2.40. The molecule has 0 aromatic heterocycles. The van der Waals surface area contributed by atoms with E-state index in [1.165, 1.54) is 18.2 Å². The first-order chi connectivity index (χ1) is 11.0. The average Bonchev–Trinajstić information content (AvgIpc) is 2.53. The third kappa shape index (κ3) is 3.19. The molecule has 1 heterocycles. The maximum absolute atomic E-state index is 13.1. The highest BCUT2D eigenvalue weighted by molar-refractivity contribution is 5.95. The largest absolute Gasteiger partial charge is 0.484 e. The van der Waals surface area contributed by atoms with Gasteiger partial charge in [-0.25, -0.2) is 4.39 Å². The van der Waals surface area contributed by atoms with E-state index in [1.54, 1.807) is 17.9 Å². The number of fused-ring (bicyclic) bond motifs is 1. The van der Waals surface area contributed by atoms with E-state index in [4.69, 9.17) is 4.74 Å². The van der Waals surface area contributed by atoms with E-state index in [2.05, 4.69) is 0 Å². The Bertz CT molecular complexity index is 730. The van der Waals surface area contributed by atoms with Crippen LogP contribution in [0.15, 0.2) is 48.5 Å². The lowest BCUT2D eigenvalue weighted by atomic mass is 9.87. The van der Waals surface area contributed by atoms with Gasteiger partial charge in [0.1, 0.15) is 11.6 Å². The molecule has 2 aromatic rings. The van der Waals surface area contributed by atoms with Gasteiger partial charge < -0.3 is 14.7 Å². The van der Waals surface area contributed by atoms with Crippen LogP contribution in [-0.4, -0.2) is 24.2 Å². The summed E-state index contributed by atoms with van der Waals surface area (Å²) in [5.41, 5.74) is 0.471. The van der Waals surface area contributed by atoms with Crippen LogP contribution >= 0.6 is 0 Å². The molecule has 1 amide bonds. The number of ether oxygens (including phenoxy) is 1. The van der Waals surface area contributed by atoms with Crippen LogP contribution in [0, 0.1) is 5.82 Å². The normalized spacial score (nSPS) is 20.0. The second kappa shape index (κ2) is 6.01. The summed E-state index contributed by atoms with van der Waals surface area (Å²) in [6, 6.07) is 13.0. The highest BCUT2D eigenvalue weighted by atomic mass is 19.1. The smallest absolute Gasteiger partial charge is 0.264 e. The number of hydrogen-bond donors (Lipinski definition) is 1. The maximum Gasteiger partial charge on any atom is 0.264 e. The van der Waals surface area contributed by atoms with Crippen LogP contribution in [0.5, 0.6) is 5.75 Å². The van der Waals surface area contributed by atoms with Gasteiger partial charge in [0.05, 0.1) is 5.60 Å². The monoisotopic (exact) mass is 315 g/mol. The van der Waals surface area contributed by atoms with Gasteiger partial charge in [-0.05, 0) is 31.5 Å². The third-order valence-corrected chi connectivity index (χ3v) is 4.06. The molecule has 0 fully saturated rings. The predicted octanol–water partition coefficient (Wildman–Crippen LogP) is 2.85. The number of aliphatic hydroxyl groups is 1. The van der Waals surface area contributed by atoms with Crippen LogP contribution in [0.4, 0.5) is 10.1 Å². The molecule has 0 spiro atoms. The first-order valence-corrected chi connectivity index (χ1v) is 7.48. The van der Waals surface area contributed by atoms with E-state index in [9.17, 15) is 14.3 Å². The third-order valence-electron chi connectivity index (χ3n) is 4.06. The van der Waals surface area contributed by atoms with Crippen molar-refractivity contribution in [3.63, 3.8) is 0 Å². The van der Waals surface area contributed by atoms with Crippen molar-refractivity contribution in [3.05, 3.63) is 59.9 Å². The van der Waals surface area contributed by atoms with E-state index < -0.39 is 11.4 Å². The van der Waals surface area contributed by atoms with Crippen molar-refractivity contribution in [1.82, 2.24) is 0 Å². The highest BCUT2D eigenvalue weighted by Gasteiger charge is 2.35. The molecule has 1 aliphatic heterocycles.